The Morgan fingerprint density at radius 1 is 1.12 bits per heavy atom. The molecule has 2 N–H and O–H groups in total. The van der Waals surface area contributed by atoms with Crippen LogP contribution < -0.4 is 15.2 Å². The van der Waals surface area contributed by atoms with Crippen LogP contribution in [0.25, 0.3) is 11.1 Å². The second kappa shape index (κ2) is 5.21. The molecule has 2 aromatic rings. The molecule has 17 heavy (non-hydrogen) atoms. The summed E-state index contributed by atoms with van der Waals surface area (Å²) in [5.74, 6) is 1.59. The molecule has 1 aromatic heterocycles. The van der Waals surface area contributed by atoms with Crippen LogP contribution >= 0.6 is 11.3 Å². The van der Waals surface area contributed by atoms with Crippen LogP contribution in [0.15, 0.2) is 29.6 Å². The van der Waals surface area contributed by atoms with E-state index in [0.717, 1.165) is 27.5 Å². The Morgan fingerprint density at radius 2 is 1.94 bits per heavy atom. The number of nitrogens with two attached hydrogens (primary N) is 1. The van der Waals surface area contributed by atoms with Gasteiger partial charge in [-0.1, -0.05) is 0 Å². The van der Waals surface area contributed by atoms with E-state index in [1.165, 1.54) is 0 Å². The van der Waals surface area contributed by atoms with Crippen molar-refractivity contribution in [3.05, 3.63) is 34.5 Å². The van der Waals surface area contributed by atoms with Crippen LogP contribution in [0.1, 0.15) is 4.88 Å². The second-order valence-corrected chi connectivity index (χ2v) is 4.53. The van der Waals surface area contributed by atoms with Crippen LogP contribution in [0, 0.1) is 0 Å². The highest BCUT2D eigenvalue weighted by Gasteiger charge is 2.11. The van der Waals surface area contributed by atoms with Gasteiger partial charge in [-0.2, -0.15) is 0 Å². The molecule has 90 valence electrons. The van der Waals surface area contributed by atoms with Gasteiger partial charge in [0.15, 0.2) is 0 Å². The van der Waals surface area contributed by atoms with Gasteiger partial charge < -0.3 is 15.2 Å². The highest BCUT2D eigenvalue weighted by Crippen LogP contribution is 2.36. The molecule has 2 rings (SSSR count). The monoisotopic (exact) mass is 249 g/mol. The van der Waals surface area contributed by atoms with E-state index >= 15 is 0 Å². The fraction of sp³-hybridized carbons (Fsp3) is 0.231. The third kappa shape index (κ3) is 2.28. The van der Waals surface area contributed by atoms with E-state index in [9.17, 15) is 0 Å². The molecular weight excluding hydrogens is 234 g/mol. The third-order valence-electron chi connectivity index (χ3n) is 2.63. The molecule has 4 heteroatoms. The average Bonchev–Trinajstić information content (AvgIpc) is 2.85. The number of methoxy groups -OCH3 is 2. The Hall–Kier alpha value is -1.52. The van der Waals surface area contributed by atoms with Crippen LogP contribution in [0.5, 0.6) is 11.5 Å². The number of benzene rings is 1. The third-order valence-corrected chi connectivity index (χ3v) is 3.57. The molecule has 0 fully saturated rings. The fourth-order valence-corrected chi connectivity index (χ4v) is 2.53. The highest BCUT2D eigenvalue weighted by atomic mass is 32.1. The van der Waals surface area contributed by atoms with Crippen molar-refractivity contribution in [1.82, 2.24) is 0 Å². The van der Waals surface area contributed by atoms with E-state index < -0.39 is 0 Å². The Bertz CT molecular complexity index is 508. The number of rotatable bonds is 4. The zero-order chi connectivity index (χ0) is 12.3. The molecule has 0 unspecified atom stereocenters. The smallest absolute Gasteiger partial charge is 0.130 e. The lowest BCUT2D eigenvalue weighted by Gasteiger charge is -2.10. The van der Waals surface area contributed by atoms with Gasteiger partial charge in [-0.15, -0.1) is 11.3 Å². The standard InChI is InChI=1S/C13H15NO2S/c1-15-9-3-4-10(12(7-9)16-2)11-5-6-17-13(11)8-14/h3-7H,8,14H2,1-2H3. The molecular formula is C13H15NO2S. The van der Waals surface area contributed by atoms with E-state index in [1.54, 1.807) is 25.6 Å². The summed E-state index contributed by atoms with van der Waals surface area (Å²) in [6, 6.07) is 7.87. The minimum absolute atomic E-state index is 0.544. The maximum absolute atomic E-state index is 5.72. The molecule has 0 saturated carbocycles. The van der Waals surface area contributed by atoms with Crippen LogP contribution in [-0.2, 0) is 6.54 Å². The van der Waals surface area contributed by atoms with E-state index in [4.69, 9.17) is 15.2 Å². The highest BCUT2D eigenvalue weighted by molar-refractivity contribution is 7.10. The molecule has 0 bridgehead atoms. The maximum Gasteiger partial charge on any atom is 0.130 e. The topological polar surface area (TPSA) is 44.5 Å². The molecule has 3 nitrogen and oxygen atoms in total. The Morgan fingerprint density at radius 3 is 2.59 bits per heavy atom. The van der Waals surface area contributed by atoms with E-state index in [0.29, 0.717) is 6.54 Å². The summed E-state index contributed by atoms with van der Waals surface area (Å²) in [4.78, 5) is 1.16. The summed E-state index contributed by atoms with van der Waals surface area (Å²) >= 11 is 1.66. The minimum Gasteiger partial charge on any atom is -0.497 e. The van der Waals surface area contributed by atoms with E-state index in [1.807, 2.05) is 23.6 Å². The molecule has 0 atom stereocenters. The summed E-state index contributed by atoms with van der Waals surface area (Å²) < 4.78 is 10.6. The van der Waals surface area contributed by atoms with Crippen molar-refractivity contribution < 1.29 is 9.47 Å². The predicted octanol–water partition coefficient (Wildman–Crippen LogP) is 2.89. The molecule has 0 aliphatic rings. The van der Waals surface area contributed by atoms with Crippen molar-refractivity contribution in [2.45, 2.75) is 6.54 Å². The SMILES string of the molecule is COc1ccc(-c2ccsc2CN)c(OC)c1. The zero-order valence-corrected chi connectivity index (χ0v) is 10.7. The second-order valence-electron chi connectivity index (χ2n) is 3.53. The van der Waals surface area contributed by atoms with Crippen LogP contribution in [0.4, 0.5) is 0 Å². The molecule has 0 saturated heterocycles. The van der Waals surface area contributed by atoms with Gasteiger partial charge in [-0.3, -0.25) is 0 Å². The molecule has 1 aromatic carbocycles. The lowest BCUT2D eigenvalue weighted by Crippen LogP contribution is -1.96. The molecule has 0 aliphatic carbocycles. The summed E-state index contributed by atoms with van der Waals surface area (Å²) in [5.41, 5.74) is 7.91. The van der Waals surface area contributed by atoms with E-state index in [2.05, 4.69) is 6.07 Å². The van der Waals surface area contributed by atoms with Crippen LogP contribution in [0.2, 0.25) is 0 Å². The molecule has 0 amide bonds. The summed E-state index contributed by atoms with van der Waals surface area (Å²) in [5, 5.41) is 2.04. The van der Waals surface area contributed by atoms with Crippen molar-refractivity contribution in [3.63, 3.8) is 0 Å². The first-order valence-electron chi connectivity index (χ1n) is 5.29. The first kappa shape index (κ1) is 12.0. The quantitative estimate of drug-likeness (QED) is 0.906. The fourth-order valence-electron chi connectivity index (χ4n) is 1.76. The van der Waals surface area contributed by atoms with Gasteiger partial charge in [0, 0.05) is 28.6 Å². The van der Waals surface area contributed by atoms with Gasteiger partial charge in [-0.25, -0.2) is 0 Å². The van der Waals surface area contributed by atoms with Gasteiger partial charge in [0.25, 0.3) is 0 Å². The van der Waals surface area contributed by atoms with Crippen molar-refractivity contribution in [2.24, 2.45) is 5.73 Å². The lowest BCUT2D eigenvalue weighted by molar-refractivity contribution is 0.395. The number of ether oxygens (including phenoxy) is 2. The van der Waals surface area contributed by atoms with Gasteiger partial charge in [0.05, 0.1) is 14.2 Å². The molecule has 0 spiro atoms. The van der Waals surface area contributed by atoms with Gasteiger partial charge in [0.2, 0.25) is 0 Å². The Kier molecular flexibility index (Phi) is 3.66. The van der Waals surface area contributed by atoms with Crippen molar-refractivity contribution in [1.29, 1.82) is 0 Å². The predicted molar refractivity (Wildman–Crippen MR) is 70.8 cm³/mol. The largest absolute Gasteiger partial charge is 0.497 e. The summed E-state index contributed by atoms with van der Waals surface area (Å²) in [6.07, 6.45) is 0. The number of hydrogen-bond acceptors (Lipinski definition) is 4. The van der Waals surface area contributed by atoms with Gasteiger partial charge in [-0.05, 0) is 23.6 Å². The lowest BCUT2D eigenvalue weighted by atomic mass is 10.1. The van der Waals surface area contributed by atoms with Gasteiger partial charge >= 0.3 is 0 Å². The maximum atomic E-state index is 5.72. The minimum atomic E-state index is 0.544. The Balaban J connectivity index is 2.51. The first-order chi connectivity index (χ1) is 8.30. The molecule has 0 radical (unpaired) electrons. The molecule has 0 aliphatic heterocycles. The normalized spacial score (nSPS) is 10.3. The first-order valence-corrected chi connectivity index (χ1v) is 6.17. The van der Waals surface area contributed by atoms with Gasteiger partial charge in [0.1, 0.15) is 11.5 Å². The van der Waals surface area contributed by atoms with Crippen molar-refractivity contribution >= 4 is 11.3 Å². The zero-order valence-electron chi connectivity index (χ0n) is 9.90. The van der Waals surface area contributed by atoms with Crippen LogP contribution in [-0.4, -0.2) is 14.2 Å². The average molecular weight is 249 g/mol. The number of thiophene rings is 1. The van der Waals surface area contributed by atoms with Crippen molar-refractivity contribution in [2.75, 3.05) is 14.2 Å². The molecule has 1 heterocycles. The summed E-state index contributed by atoms with van der Waals surface area (Å²) in [7, 11) is 3.30. The number of hydrogen-bond donors (Lipinski definition) is 1. The van der Waals surface area contributed by atoms with Crippen molar-refractivity contribution in [3.8, 4) is 22.6 Å². The van der Waals surface area contributed by atoms with Crippen LogP contribution in [0.3, 0.4) is 0 Å². The summed E-state index contributed by atoms with van der Waals surface area (Å²) in [6.45, 7) is 0.544. The Labute approximate surface area is 105 Å². The van der Waals surface area contributed by atoms with E-state index in [-0.39, 0.29) is 0 Å².